The zero-order valence-electron chi connectivity index (χ0n) is 11.2. The topological polar surface area (TPSA) is 29.9 Å². The van der Waals surface area contributed by atoms with Crippen LogP contribution in [0.5, 0.6) is 0 Å². The van der Waals surface area contributed by atoms with Crippen LogP contribution in [0, 0.1) is 5.92 Å². The van der Waals surface area contributed by atoms with E-state index in [9.17, 15) is 0 Å². The number of nitrogens with zero attached hydrogens (tertiary/aromatic N) is 2. The summed E-state index contributed by atoms with van der Waals surface area (Å²) in [4.78, 5) is 4.43. The summed E-state index contributed by atoms with van der Waals surface area (Å²) >= 11 is 0. The first-order chi connectivity index (χ1) is 8.31. The Bertz CT molecular complexity index is 326. The summed E-state index contributed by atoms with van der Waals surface area (Å²) in [6.45, 7) is 6.51. The molecule has 0 radical (unpaired) electrons. The van der Waals surface area contributed by atoms with Crippen molar-refractivity contribution in [3.63, 3.8) is 0 Å². The molecule has 0 unspecified atom stereocenters. The minimum absolute atomic E-state index is 0.629. The average Bonchev–Trinajstić information content (AvgIpc) is 2.97. The molecule has 3 nitrogen and oxygen atoms in total. The Balaban J connectivity index is 1.81. The summed E-state index contributed by atoms with van der Waals surface area (Å²) in [5.74, 6) is 2.06. The molecule has 1 aliphatic carbocycles. The zero-order valence-corrected chi connectivity index (χ0v) is 11.2. The molecule has 17 heavy (non-hydrogen) atoms. The molecule has 3 heteroatoms. The first-order valence-corrected chi connectivity index (χ1v) is 7.04. The summed E-state index contributed by atoms with van der Waals surface area (Å²) in [7, 11) is 0. The van der Waals surface area contributed by atoms with E-state index in [1.54, 1.807) is 0 Å². The van der Waals surface area contributed by atoms with Gasteiger partial charge in [0, 0.05) is 25.0 Å². The van der Waals surface area contributed by atoms with Gasteiger partial charge in [0.15, 0.2) is 0 Å². The summed E-state index contributed by atoms with van der Waals surface area (Å²) in [5, 5.41) is 3.64. The van der Waals surface area contributed by atoms with E-state index >= 15 is 0 Å². The predicted octanol–water partition coefficient (Wildman–Crippen LogP) is 2.96. The van der Waals surface area contributed by atoms with Crippen molar-refractivity contribution in [2.45, 2.75) is 65.1 Å². The van der Waals surface area contributed by atoms with Gasteiger partial charge < -0.3 is 9.88 Å². The third-order valence-electron chi connectivity index (χ3n) is 3.96. The van der Waals surface area contributed by atoms with Gasteiger partial charge in [0.25, 0.3) is 0 Å². The SMILES string of the molecule is CCCn1ccnc1CN[C@H](C)C1CCCC1. The second-order valence-corrected chi connectivity index (χ2v) is 5.25. The van der Waals surface area contributed by atoms with Crippen LogP contribution in [-0.4, -0.2) is 15.6 Å². The molecule has 1 N–H and O–H groups in total. The van der Waals surface area contributed by atoms with Gasteiger partial charge in [-0.15, -0.1) is 0 Å². The first kappa shape index (κ1) is 12.6. The Morgan fingerprint density at radius 1 is 1.47 bits per heavy atom. The highest BCUT2D eigenvalue weighted by Gasteiger charge is 2.21. The lowest BCUT2D eigenvalue weighted by Crippen LogP contribution is -2.32. The second-order valence-electron chi connectivity index (χ2n) is 5.25. The van der Waals surface area contributed by atoms with Crippen molar-refractivity contribution in [3.05, 3.63) is 18.2 Å². The minimum atomic E-state index is 0.629. The fraction of sp³-hybridized carbons (Fsp3) is 0.786. The smallest absolute Gasteiger partial charge is 0.122 e. The van der Waals surface area contributed by atoms with Crippen molar-refractivity contribution < 1.29 is 0 Å². The molecule has 1 saturated carbocycles. The van der Waals surface area contributed by atoms with Crippen molar-refractivity contribution in [3.8, 4) is 0 Å². The van der Waals surface area contributed by atoms with Crippen LogP contribution in [0.25, 0.3) is 0 Å². The molecule has 0 bridgehead atoms. The van der Waals surface area contributed by atoms with Gasteiger partial charge in [0.05, 0.1) is 6.54 Å². The standard InChI is InChI=1S/C14H25N3/c1-3-9-17-10-8-15-14(17)11-16-12(2)13-6-4-5-7-13/h8,10,12-13,16H,3-7,9,11H2,1-2H3/t12-/m1/s1. The summed E-state index contributed by atoms with van der Waals surface area (Å²) in [6, 6.07) is 0.629. The average molecular weight is 235 g/mol. The number of hydrogen-bond donors (Lipinski definition) is 1. The zero-order chi connectivity index (χ0) is 12.1. The van der Waals surface area contributed by atoms with Gasteiger partial charge in [-0.2, -0.15) is 0 Å². The van der Waals surface area contributed by atoms with E-state index in [0.717, 1.165) is 19.0 Å². The quantitative estimate of drug-likeness (QED) is 0.821. The van der Waals surface area contributed by atoms with E-state index in [2.05, 4.69) is 34.9 Å². The number of rotatable bonds is 6. The van der Waals surface area contributed by atoms with Crippen molar-refractivity contribution in [2.75, 3.05) is 0 Å². The van der Waals surface area contributed by atoms with Gasteiger partial charge in [-0.25, -0.2) is 4.98 Å². The summed E-state index contributed by atoms with van der Waals surface area (Å²) in [5.41, 5.74) is 0. The van der Waals surface area contributed by atoms with E-state index in [4.69, 9.17) is 0 Å². The third kappa shape index (κ3) is 3.32. The van der Waals surface area contributed by atoms with E-state index in [1.807, 2.05) is 6.20 Å². The Kier molecular flexibility index (Phi) is 4.60. The molecule has 1 aromatic rings. The molecule has 0 amide bonds. The van der Waals surface area contributed by atoms with Gasteiger partial charge in [0.1, 0.15) is 5.82 Å². The normalized spacial score (nSPS) is 18.7. The van der Waals surface area contributed by atoms with Gasteiger partial charge in [-0.05, 0) is 32.1 Å². The second kappa shape index (κ2) is 6.20. The monoisotopic (exact) mass is 235 g/mol. The molecule has 96 valence electrons. The lowest BCUT2D eigenvalue weighted by molar-refractivity contribution is 0.374. The van der Waals surface area contributed by atoms with Crippen LogP contribution in [0.15, 0.2) is 12.4 Å². The van der Waals surface area contributed by atoms with Crippen LogP contribution in [-0.2, 0) is 13.1 Å². The molecule has 2 rings (SSSR count). The maximum Gasteiger partial charge on any atom is 0.122 e. The van der Waals surface area contributed by atoms with Crippen LogP contribution >= 0.6 is 0 Å². The third-order valence-corrected chi connectivity index (χ3v) is 3.96. The van der Waals surface area contributed by atoms with Gasteiger partial charge >= 0.3 is 0 Å². The fourth-order valence-electron chi connectivity index (χ4n) is 2.83. The maximum absolute atomic E-state index is 4.43. The largest absolute Gasteiger partial charge is 0.334 e. The molecule has 0 aromatic carbocycles. The Morgan fingerprint density at radius 3 is 2.94 bits per heavy atom. The number of nitrogens with one attached hydrogen (secondary N) is 1. The number of hydrogen-bond acceptors (Lipinski definition) is 2. The Hall–Kier alpha value is -0.830. The molecule has 1 aromatic heterocycles. The van der Waals surface area contributed by atoms with E-state index < -0.39 is 0 Å². The van der Waals surface area contributed by atoms with Crippen molar-refractivity contribution in [2.24, 2.45) is 5.92 Å². The first-order valence-electron chi connectivity index (χ1n) is 7.04. The van der Waals surface area contributed by atoms with Crippen molar-refractivity contribution >= 4 is 0 Å². The molecule has 0 spiro atoms. The molecule has 1 heterocycles. The van der Waals surface area contributed by atoms with Crippen molar-refractivity contribution in [1.82, 2.24) is 14.9 Å². The molecule has 0 aliphatic heterocycles. The number of aromatic nitrogens is 2. The highest BCUT2D eigenvalue weighted by molar-refractivity contribution is 4.92. The number of aryl methyl sites for hydroxylation is 1. The van der Waals surface area contributed by atoms with Crippen LogP contribution in [0.1, 0.15) is 51.8 Å². The van der Waals surface area contributed by atoms with Gasteiger partial charge in [-0.3, -0.25) is 0 Å². The van der Waals surface area contributed by atoms with Crippen molar-refractivity contribution in [1.29, 1.82) is 0 Å². The van der Waals surface area contributed by atoms with Crippen LogP contribution in [0.3, 0.4) is 0 Å². The summed E-state index contributed by atoms with van der Waals surface area (Å²) in [6.07, 6.45) is 10.8. The van der Waals surface area contributed by atoms with E-state index in [1.165, 1.54) is 37.9 Å². The molecule has 1 fully saturated rings. The van der Waals surface area contributed by atoms with Crippen LogP contribution < -0.4 is 5.32 Å². The molecule has 1 aliphatic rings. The van der Waals surface area contributed by atoms with Gasteiger partial charge in [0.2, 0.25) is 0 Å². The lowest BCUT2D eigenvalue weighted by Gasteiger charge is -2.20. The van der Waals surface area contributed by atoms with E-state index in [-0.39, 0.29) is 0 Å². The molecular formula is C14H25N3. The highest BCUT2D eigenvalue weighted by atomic mass is 15.1. The summed E-state index contributed by atoms with van der Waals surface area (Å²) < 4.78 is 2.26. The highest BCUT2D eigenvalue weighted by Crippen LogP contribution is 2.27. The Labute approximate surface area is 105 Å². The van der Waals surface area contributed by atoms with E-state index in [0.29, 0.717) is 6.04 Å². The van der Waals surface area contributed by atoms with Gasteiger partial charge in [-0.1, -0.05) is 19.8 Å². The molecule has 0 saturated heterocycles. The fourth-order valence-corrected chi connectivity index (χ4v) is 2.83. The lowest BCUT2D eigenvalue weighted by atomic mass is 10.00. The van der Waals surface area contributed by atoms with Crippen LogP contribution in [0.2, 0.25) is 0 Å². The number of imidazole rings is 1. The predicted molar refractivity (Wildman–Crippen MR) is 70.8 cm³/mol. The molecular weight excluding hydrogens is 210 g/mol. The Morgan fingerprint density at radius 2 is 2.24 bits per heavy atom. The minimum Gasteiger partial charge on any atom is -0.334 e. The molecule has 1 atom stereocenters. The van der Waals surface area contributed by atoms with Crippen LogP contribution in [0.4, 0.5) is 0 Å². The maximum atomic E-state index is 4.43.